The molecule has 1 amide bonds. The second-order valence-corrected chi connectivity index (χ2v) is 4.54. The molecule has 0 radical (unpaired) electrons. The van der Waals surface area contributed by atoms with E-state index >= 15 is 0 Å². The Morgan fingerprint density at radius 2 is 1.73 bits per heavy atom. The predicted octanol–water partition coefficient (Wildman–Crippen LogP) is 1.74. The van der Waals surface area contributed by atoms with Gasteiger partial charge in [0.2, 0.25) is 0 Å². The maximum atomic E-state index is 12.2. The minimum atomic E-state index is -0.422. The van der Waals surface area contributed by atoms with Crippen LogP contribution in [0.5, 0.6) is 5.75 Å². The largest absolute Gasteiger partial charge is 0.491 e. The Kier molecular flexibility index (Phi) is 7.99. The van der Waals surface area contributed by atoms with Gasteiger partial charge in [0.25, 0.3) is 5.91 Å². The molecule has 6 heteroatoms. The zero-order valence-electron chi connectivity index (χ0n) is 13.3. The molecule has 22 heavy (non-hydrogen) atoms. The number of carbonyl (C=O) groups is 2. The molecule has 122 valence electrons. The van der Waals surface area contributed by atoms with E-state index in [4.69, 9.17) is 14.2 Å². The second kappa shape index (κ2) is 9.78. The first-order valence-electron chi connectivity index (χ1n) is 7.30. The van der Waals surface area contributed by atoms with Crippen LogP contribution in [0.15, 0.2) is 24.3 Å². The van der Waals surface area contributed by atoms with E-state index in [2.05, 4.69) is 0 Å². The highest BCUT2D eigenvalue weighted by Crippen LogP contribution is 2.13. The van der Waals surface area contributed by atoms with Crippen molar-refractivity contribution < 1.29 is 23.8 Å². The fourth-order valence-corrected chi connectivity index (χ4v) is 1.75. The Balaban J connectivity index is 2.50. The minimum Gasteiger partial charge on any atom is -0.491 e. The number of rotatable bonds is 9. The highest BCUT2D eigenvalue weighted by molar-refractivity contribution is 5.95. The summed E-state index contributed by atoms with van der Waals surface area (Å²) >= 11 is 0. The lowest BCUT2D eigenvalue weighted by molar-refractivity contribution is -0.143. The summed E-state index contributed by atoms with van der Waals surface area (Å²) < 4.78 is 15.5. The van der Waals surface area contributed by atoms with Gasteiger partial charge in [-0.3, -0.25) is 9.59 Å². The van der Waals surface area contributed by atoms with Crippen LogP contribution in [0.25, 0.3) is 0 Å². The number of amides is 1. The van der Waals surface area contributed by atoms with Crippen molar-refractivity contribution in [3.63, 3.8) is 0 Å². The number of nitrogens with zero attached hydrogens (tertiary/aromatic N) is 1. The van der Waals surface area contributed by atoms with Crippen molar-refractivity contribution in [2.45, 2.75) is 13.8 Å². The van der Waals surface area contributed by atoms with E-state index in [1.54, 1.807) is 38.2 Å². The van der Waals surface area contributed by atoms with Crippen molar-refractivity contribution >= 4 is 11.9 Å². The highest BCUT2D eigenvalue weighted by Gasteiger charge is 2.15. The van der Waals surface area contributed by atoms with Gasteiger partial charge in [-0.05, 0) is 38.1 Å². The smallest absolute Gasteiger partial charge is 0.325 e. The fraction of sp³-hybridized carbons (Fsp3) is 0.500. The molecule has 0 aliphatic rings. The van der Waals surface area contributed by atoms with E-state index in [1.165, 1.54) is 4.90 Å². The average Bonchev–Trinajstić information content (AvgIpc) is 2.51. The topological polar surface area (TPSA) is 65.1 Å². The van der Waals surface area contributed by atoms with Crippen molar-refractivity contribution in [3.8, 4) is 5.75 Å². The first kappa shape index (κ1) is 18.0. The minimum absolute atomic E-state index is 0.0702. The van der Waals surface area contributed by atoms with E-state index < -0.39 is 5.97 Å². The molecular weight excluding hydrogens is 286 g/mol. The molecule has 0 N–H and O–H groups in total. The number of hydrogen-bond acceptors (Lipinski definition) is 5. The van der Waals surface area contributed by atoms with Crippen LogP contribution >= 0.6 is 0 Å². The third-order valence-electron chi connectivity index (χ3n) is 2.82. The lowest BCUT2D eigenvalue weighted by atomic mass is 10.2. The van der Waals surface area contributed by atoms with Crippen LogP contribution in [0.1, 0.15) is 24.2 Å². The molecule has 0 aromatic heterocycles. The summed E-state index contributed by atoms with van der Waals surface area (Å²) in [6, 6.07) is 6.77. The van der Waals surface area contributed by atoms with Gasteiger partial charge in [0.15, 0.2) is 0 Å². The summed E-state index contributed by atoms with van der Waals surface area (Å²) in [5, 5.41) is 0. The fourth-order valence-electron chi connectivity index (χ4n) is 1.75. The van der Waals surface area contributed by atoms with Gasteiger partial charge in [-0.1, -0.05) is 0 Å². The number of carbonyl (C=O) groups excluding carboxylic acids is 2. The Hall–Kier alpha value is -2.08. The standard InChI is InChI=1S/C16H23NO5/c1-4-20-10-11-22-14-8-6-13(7-9-14)16(19)17(3)12-15(18)21-5-2/h6-9H,4-5,10-12H2,1-3H3. The maximum absolute atomic E-state index is 12.2. The third kappa shape index (κ3) is 6.13. The van der Waals surface area contributed by atoms with Crippen molar-refractivity contribution in [1.82, 2.24) is 4.90 Å². The van der Waals surface area contributed by atoms with Crippen LogP contribution < -0.4 is 4.74 Å². The molecule has 0 aliphatic heterocycles. The highest BCUT2D eigenvalue weighted by atomic mass is 16.5. The molecule has 0 spiro atoms. The van der Waals surface area contributed by atoms with E-state index in [0.29, 0.717) is 37.7 Å². The number of esters is 1. The van der Waals surface area contributed by atoms with Crippen LogP contribution in [0.4, 0.5) is 0 Å². The number of hydrogen-bond donors (Lipinski definition) is 0. The number of likely N-dealkylation sites (N-methyl/N-ethyl adjacent to an activating group) is 1. The molecular formula is C16H23NO5. The first-order chi connectivity index (χ1) is 10.6. The summed E-state index contributed by atoms with van der Waals surface area (Å²) in [5.41, 5.74) is 0.490. The molecule has 1 aromatic rings. The Labute approximate surface area is 131 Å². The van der Waals surface area contributed by atoms with E-state index in [-0.39, 0.29) is 12.5 Å². The van der Waals surface area contributed by atoms with E-state index in [9.17, 15) is 9.59 Å². The average molecular weight is 309 g/mol. The van der Waals surface area contributed by atoms with Gasteiger partial charge < -0.3 is 19.1 Å². The summed E-state index contributed by atoms with van der Waals surface area (Å²) in [7, 11) is 1.56. The first-order valence-corrected chi connectivity index (χ1v) is 7.30. The van der Waals surface area contributed by atoms with Gasteiger partial charge in [-0.15, -0.1) is 0 Å². The molecule has 0 heterocycles. The van der Waals surface area contributed by atoms with Gasteiger partial charge in [-0.2, -0.15) is 0 Å². The van der Waals surface area contributed by atoms with Gasteiger partial charge in [0, 0.05) is 19.2 Å². The van der Waals surface area contributed by atoms with Crippen LogP contribution in [-0.4, -0.2) is 56.8 Å². The lowest BCUT2D eigenvalue weighted by Crippen LogP contribution is -2.33. The monoisotopic (exact) mass is 309 g/mol. The number of ether oxygens (including phenoxy) is 3. The Bertz CT molecular complexity index is 472. The third-order valence-corrected chi connectivity index (χ3v) is 2.82. The predicted molar refractivity (Wildman–Crippen MR) is 82.0 cm³/mol. The van der Waals surface area contributed by atoms with Crippen molar-refractivity contribution in [3.05, 3.63) is 29.8 Å². The molecule has 0 fully saturated rings. The normalized spacial score (nSPS) is 10.1. The molecule has 1 rings (SSSR count). The molecule has 0 aliphatic carbocycles. The summed E-state index contributed by atoms with van der Waals surface area (Å²) in [4.78, 5) is 24.8. The molecule has 0 atom stereocenters. The zero-order valence-corrected chi connectivity index (χ0v) is 13.3. The van der Waals surface area contributed by atoms with Crippen LogP contribution in [-0.2, 0) is 14.3 Å². The summed E-state index contributed by atoms with van der Waals surface area (Å²) in [6.07, 6.45) is 0. The molecule has 0 unspecified atom stereocenters. The van der Waals surface area contributed by atoms with Gasteiger partial charge in [0.1, 0.15) is 18.9 Å². The van der Waals surface area contributed by atoms with Crippen molar-refractivity contribution in [2.75, 3.05) is 40.0 Å². The van der Waals surface area contributed by atoms with Gasteiger partial charge >= 0.3 is 5.97 Å². The molecule has 0 saturated heterocycles. The van der Waals surface area contributed by atoms with E-state index in [1.807, 2.05) is 6.92 Å². The molecule has 6 nitrogen and oxygen atoms in total. The maximum Gasteiger partial charge on any atom is 0.325 e. The quantitative estimate of drug-likeness (QED) is 0.513. The van der Waals surface area contributed by atoms with Crippen LogP contribution in [0.2, 0.25) is 0 Å². The number of benzene rings is 1. The van der Waals surface area contributed by atoms with Crippen molar-refractivity contribution in [2.24, 2.45) is 0 Å². The van der Waals surface area contributed by atoms with Crippen LogP contribution in [0, 0.1) is 0 Å². The van der Waals surface area contributed by atoms with Gasteiger partial charge in [0.05, 0.1) is 13.2 Å². The zero-order chi connectivity index (χ0) is 16.4. The summed E-state index contributed by atoms with van der Waals surface area (Å²) in [5.74, 6) is 0.00689. The van der Waals surface area contributed by atoms with E-state index in [0.717, 1.165) is 0 Å². The lowest BCUT2D eigenvalue weighted by Gasteiger charge is -2.16. The van der Waals surface area contributed by atoms with Crippen LogP contribution in [0.3, 0.4) is 0 Å². The SMILES string of the molecule is CCOCCOc1ccc(C(=O)N(C)CC(=O)OCC)cc1. The molecule has 0 bridgehead atoms. The molecule has 0 saturated carbocycles. The Morgan fingerprint density at radius 1 is 1.05 bits per heavy atom. The summed E-state index contributed by atoms with van der Waals surface area (Å²) in [6.45, 7) is 5.53. The molecule has 1 aromatic carbocycles. The Morgan fingerprint density at radius 3 is 2.32 bits per heavy atom. The van der Waals surface area contributed by atoms with Crippen molar-refractivity contribution in [1.29, 1.82) is 0 Å². The second-order valence-electron chi connectivity index (χ2n) is 4.54. The van der Waals surface area contributed by atoms with Gasteiger partial charge in [-0.25, -0.2) is 0 Å².